The first kappa shape index (κ1) is 71.9. The van der Waals surface area contributed by atoms with Crippen LogP contribution in [0.2, 0.25) is 0 Å². The molecule has 0 saturated heterocycles. The van der Waals surface area contributed by atoms with Crippen molar-refractivity contribution in [1.29, 1.82) is 0 Å². The first-order valence-corrected chi connectivity index (χ1v) is 34.8. The number of nitrogens with zero attached hydrogens (tertiary/aromatic N) is 2. The Labute approximate surface area is 614 Å². The van der Waals surface area contributed by atoms with Crippen molar-refractivity contribution >= 4 is 107 Å². The molecule has 0 fully saturated rings. The Morgan fingerprint density at radius 3 is 0.702 bits per heavy atom. The fraction of sp³-hybridized carbons (Fsp3) is 0.0303. The lowest BCUT2D eigenvalue weighted by Gasteiger charge is -2.26. The zero-order valence-corrected chi connectivity index (χ0v) is 58.7. The minimum atomic E-state index is 0.0522. The van der Waals surface area contributed by atoms with Gasteiger partial charge in [-0.1, -0.05) is 358 Å². The van der Waals surface area contributed by atoms with Crippen molar-refractivity contribution in [1.82, 2.24) is 0 Å². The molecule has 0 amide bonds. The number of aliphatic hydroxyl groups is 1. The zero-order chi connectivity index (χ0) is 71.4. The minimum Gasteiger partial charge on any atom is -0.497 e. The van der Waals surface area contributed by atoms with E-state index in [2.05, 4.69) is 344 Å². The van der Waals surface area contributed by atoms with E-state index in [9.17, 15) is 5.11 Å². The summed E-state index contributed by atoms with van der Waals surface area (Å²) in [5, 5.41) is 9.33. The molecule has 0 aliphatic carbocycles. The summed E-state index contributed by atoms with van der Waals surface area (Å²) in [4.78, 5) is 4.57. The lowest BCUT2D eigenvalue weighted by atomic mass is 10.1. The molecule has 1 N–H and O–H groups in total. The van der Waals surface area contributed by atoms with Crippen molar-refractivity contribution in [3.8, 4) is 11.5 Å². The fourth-order valence-corrected chi connectivity index (χ4v) is 11.2. The van der Waals surface area contributed by atoms with Crippen LogP contribution < -0.4 is 19.3 Å². The number of aliphatic hydroxyl groups excluding tert-OH is 1. The Hall–Kier alpha value is -13.3. The first-order valence-electron chi connectivity index (χ1n) is 34.8. The van der Waals surface area contributed by atoms with Gasteiger partial charge in [0.25, 0.3) is 0 Å². The van der Waals surface area contributed by atoms with Crippen LogP contribution in [0.25, 0.3) is 72.9 Å². The van der Waals surface area contributed by atoms with Crippen LogP contribution in [0.4, 0.5) is 34.1 Å². The second kappa shape index (κ2) is 39.5. The summed E-state index contributed by atoms with van der Waals surface area (Å²) in [6, 6.07) is 107. The van der Waals surface area contributed by atoms with Gasteiger partial charge < -0.3 is 24.4 Å². The van der Waals surface area contributed by atoms with Gasteiger partial charge in [-0.25, -0.2) is 0 Å². The number of ether oxygens (including phenoxy) is 2. The number of benzene rings is 12. The van der Waals surface area contributed by atoms with Crippen molar-refractivity contribution in [2.45, 2.75) is 6.61 Å². The van der Waals surface area contributed by atoms with Crippen molar-refractivity contribution in [2.24, 2.45) is 0 Å². The molecule has 5 nitrogen and oxygen atoms in total. The number of anilines is 6. The molecule has 508 valence electrons. The highest BCUT2D eigenvalue weighted by Crippen LogP contribution is 2.37. The molecule has 0 heterocycles. The largest absolute Gasteiger partial charge is 0.497 e. The number of hydrogen-bond acceptors (Lipinski definition) is 5. The standard InChI is InChI=1S/C53H45NO.C46H39NO2/c1-55-53-30-18-29-49(43-53)28-17-16-27-48-35-41-52(42-36-48)54(50-37-31-46(32-38-50)25-10-4-2-8-19-44-21-12-6-13-22-44)51-39-33-47(34-40-51)26-11-5-3-9-20-45-23-14-7-15-24-45;1-49-46-33-25-41(26-34-46)14-13-40-23-31-45(32-24-40)47(43-27-19-37(20-28-43)10-6-5-9-36-7-3-2-4-8-36)44-29-21-39(22-30-44)12-11-38-15-17-42(35-48)18-16-38/h2-43H,1H3;2-34,48H,35H2,1H3/b4-2+,5-3+,19-8+,20-9+,25-10+,26-11+,27-16+,28-17+;9-5+,10-6+,12-11+,14-13+. The number of hydrogen-bond donors (Lipinski definition) is 1. The Balaban J connectivity index is 0.000000210. The second-order valence-corrected chi connectivity index (χ2v) is 24.2. The molecule has 12 rings (SSSR count). The van der Waals surface area contributed by atoms with Gasteiger partial charge in [-0.05, 0) is 169 Å². The second-order valence-electron chi connectivity index (χ2n) is 24.2. The van der Waals surface area contributed by atoms with E-state index in [0.29, 0.717) is 0 Å². The third kappa shape index (κ3) is 22.9. The Morgan fingerprint density at radius 2 is 0.433 bits per heavy atom. The Morgan fingerprint density at radius 1 is 0.212 bits per heavy atom. The summed E-state index contributed by atoms with van der Waals surface area (Å²) in [5.41, 5.74) is 21.0. The van der Waals surface area contributed by atoms with Gasteiger partial charge in [-0.3, -0.25) is 0 Å². The van der Waals surface area contributed by atoms with E-state index in [0.717, 1.165) is 101 Å². The summed E-state index contributed by atoms with van der Waals surface area (Å²) in [7, 11) is 3.37. The van der Waals surface area contributed by atoms with Gasteiger partial charge >= 0.3 is 0 Å². The SMILES string of the molecule is COc1ccc(/C=C/c2ccc(N(c3ccc(/C=C/C=C/c4ccccc4)cc3)c3ccc(/C=C/c4ccc(CO)cc4)cc3)cc2)cc1.COc1cccc(/C=C/C=C/c2ccc(N(c3ccc(/C=C/C=C/C=C/c4ccccc4)cc3)c3ccc(/C=C/C=C/C=C/c4ccccc4)cc3)cc2)c1. The normalized spacial score (nSPS) is 12.0. The molecule has 104 heavy (non-hydrogen) atoms. The van der Waals surface area contributed by atoms with E-state index in [1.807, 2.05) is 121 Å². The van der Waals surface area contributed by atoms with Crippen LogP contribution in [-0.4, -0.2) is 19.3 Å². The lowest BCUT2D eigenvalue weighted by Crippen LogP contribution is -2.09. The number of rotatable bonds is 27. The van der Waals surface area contributed by atoms with Gasteiger partial charge in [-0.2, -0.15) is 0 Å². The maximum absolute atomic E-state index is 9.33. The first-order chi connectivity index (χ1) is 51.4. The lowest BCUT2D eigenvalue weighted by molar-refractivity contribution is 0.282. The maximum atomic E-state index is 9.33. The summed E-state index contributed by atoms with van der Waals surface area (Å²) in [6.45, 7) is 0.0522. The molecule has 0 aromatic heterocycles. The molecule has 0 atom stereocenters. The van der Waals surface area contributed by atoms with Gasteiger partial charge in [0.1, 0.15) is 11.5 Å². The summed E-state index contributed by atoms with van der Waals surface area (Å²) in [5.74, 6) is 1.70. The summed E-state index contributed by atoms with van der Waals surface area (Å²) < 4.78 is 10.6. The summed E-state index contributed by atoms with van der Waals surface area (Å²) in [6.07, 6.45) is 50.0. The van der Waals surface area contributed by atoms with Crippen LogP contribution in [0.1, 0.15) is 72.3 Å². The highest BCUT2D eigenvalue weighted by atomic mass is 16.5. The van der Waals surface area contributed by atoms with E-state index in [1.54, 1.807) is 14.2 Å². The van der Waals surface area contributed by atoms with Crippen molar-refractivity contribution in [3.05, 3.63) is 455 Å². The molecule has 12 aromatic rings. The molecule has 0 saturated carbocycles. The monoisotopic (exact) mass is 1350 g/mol. The third-order valence-electron chi connectivity index (χ3n) is 16.8. The maximum Gasteiger partial charge on any atom is 0.119 e. The average molecular weight is 1350 g/mol. The number of allylic oxidation sites excluding steroid dienone is 12. The molecule has 12 aromatic carbocycles. The molecular weight excluding hydrogens is 1270 g/mol. The minimum absolute atomic E-state index is 0.0522. The quantitative estimate of drug-likeness (QED) is 0.0411. The Kier molecular flexibility index (Phi) is 27.3. The average Bonchev–Trinajstić information content (AvgIpc) is 0.811. The molecule has 0 radical (unpaired) electrons. The zero-order valence-electron chi connectivity index (χ0n) is 58.7. The third-order valence-corrected chi connectivity index (χ3v) is 16.8. The van der Waals surface area contributed by atoms with Gasteiger partial charge in [0.2, 0.25) is 0 Å². The van der Waals surface area contributed by atoms with E-state index in [4.69, 9.17) is 9.47 Å². The van der Waals surface area contributed by atoms with Gasteiger partial charge in [-0.15, -0.1) is 0 Å². The van der Waals surface area contributed by atoms with Gasteiger partial charge in [0.15, 0.2) is 0 Å². The van der Waals surface area contributed by atoms with Crippen molar-refractivity contribution in [2.75, 3.05) is 24.0 Å². The van der Waals surface area contributed by atoms with Crippen LogP contribution in [0.3, 0.4) is 0 Å². The molecule has 0 aliphatic rings. The molecule has 0 unspecified atom stereocenters. The van der Waals surface area contributed by atoms with E-state index < -0.39 is 0 Å². The Bertz CT molecular complexity index is 4750. The molecule has 0 spiro atoms. The predicted octanol–water partition coefficient (Wildman–Crippen LogP) is 26.2. The molecule has 0 bridgehead atoms. The fourth-order valence-electron chi connectivity index (χ4n) is 11.2. The van der Waals surface area contributed by atoms with E-state index >= 15 is 0 Å². The predicted molar refractivity (Wildman–Crippen MR) is 448 cm³/mol. The van der Waals surface area contributed by atoms with Gasteiger partial charge in [0.05, 0.1) is 20.8 Å². The molecular formula is C99H84N2O3. The smallest absolute Gasteiger partial charge is 0.119 e. The number of methoxy groups -OCH3 is 2. The molecule has 0 aliphatic heterocycles. The summed E-state index contributed by atoms with van der Waals surface area (Å²) >= 11 is 0. The van der Waals surface area contributed by atoms with Crippen molar-refractivity contribution in [3.63, 3.8) is 0 Å². The topological polar surface area (TPSA) is 45.2 Å². The van der Waals surface area contributed by atoms with Crippen molar-refractivity contribution < 1.29 is 14.6 Å². The van der Waals surface area contributed by atoms with Crippen LogP contribution in [0.5, 0.6) is 11.5 Å². The van der Waals surface area contributed by atoms with Gasteiger partial charge in [0, 0.05) is 34.1 Å². The van der Waals surface area contributed by atoms with Crippen LogP contribution >= 0.6 is 0 Å². The van der Waals surface area contributed by atoms with Crippen LogP contribution in [0.15, 0.2) is 382 Å². The highest BCUT2D eigenvalue weighted by Gasteiger charge is 2.15. The van der Waals surface area contributed by atoms with E-state index in [1.165, 1.54) is 16.7 Å². The van der Waals surface area contributed by atoms with Crippen LogP contribution in [0, 0.1) is 0 Å². The van der Waals surface area contributed by atoms with E-state index in [-0.39, 0.29) is 6.61 Å². The highest BCUT2D eigenvalue weighted by molar-refractivity contribution is 5.82. The molecule has 5 heteroatoms. The van der Waals surface area contributed by atoms with Crippen LogP contribution in [-0.2, 0) is 6.61 Å².